The number of ether oxygens (including phenoxy) is 1. The van der Waals surface area contributed by atoms with Gasteiger partial charge in [-0.15, -0.1) is 0 Å². The van der Waals surface area contributed by atoms with Gasteiger partial charge in [-0.25, -0.2) is 9.97 Å². The smallest absolute Gasteiger partial charge is 0.433 e. The van der Waals surface area contributed by atoms with Gasteiger partial charge >= 0.3 is 6.18 Å². The van der Waals surface area contributed by atoms with E-state index in [-0.39, 0.29) is 17.6 Å². The van der Waals surface area contributed by atoms with Gasteiger partial charge in [0.2, 0.25) is 5.91 Å². The number of carbonyl (C=O) groups is 2. The zero-order chi connectivity index (χ0) is 22.9. The minimum atomic E-state index is -4.54. The van der Waals surface area contributed by atoms with Gasteiger partial charge < -0.3 is 10.1 Å². The number of halogens is 3. The number of nitrogens with zero attached hydrogens (tertiary/aromatic N) is 3. The molecule has 0 spiro atoms. The van der Waals surface area contributed by atoms with E-state index in [1.54, 1.807) is 36.4 Å². The molecular formula is C22H17F3N4O3. The van der Waals surface area contributed by atoms with Crippen LogP contribution >= 0.6 is 0 Å². The second-order valence-electron chi connectivity index (χ2n) is 7.07. The van der Waals surface area contributed by atoms with Gasteiger partial charge in [-0.05, 0) is 48.4 Å². The van der Waals surface area contributed by atoms with E-state index in [9.17, 15) is 22.8 Å². The van der Waals surface area contributed by atoms with Crippen molar-refractivity contribution >= 4 is 23.5 Å². The van der Waals surface area contributed by atoms with Crippen molar-refractivity contribution in [3.63, 3.8) is 0 Å². The Labute approximate surface area is 180 Å². The highest BCUT2D eigenvalue weighted by Crippen LogP contribution is 2.31. The molecule has 3 aromatic rings. The highest BCUT2D eigenvalue weighted by atomic mass is 19.4. The van der Waals surface area contributed by atoms with Crippen molar-refractivity contribution in [3.8, 4) is 11.5 Å². The maximum Gasteiger partial charge on any atom is 0.433 e. The van der Waals surface area contributed by atoms with E-state index in [2.05, 4.69) is 15.3 Å². The summed E-state index contributed by atoms with van der Waals surface area (Å²) < 4.78 is 43.6. The Morgan fingerprint density at radius 1 is 1.12 bits per heavy atom. The number of hydrogen-bond acceptors (Lipinski definition) is 5. The Hall–Kier alpha value is -3.95. The molecule has 0 unspecified atom stereocenters. The number of nitrogens with one attached hydrogen (secondary N) is 1. The van der Waals surface area contributed by atoms with Crippen LogP contribution in [0.15, 0.2) is 54.7 Å². The minimum absolute atomic E-state index is 0.114. The van der Waals surface area contributed by atoms with Gasteiger partial charge in [-0.3, -0.25) is 14.5 Å². The van der Waals surface area contributed by atoms with E-state index in [0.717, 1.165) is 17.8 Å². The number of pyridine rings is 2. The first kappa shape index (κ1) is 21.3. The Morgan fingerprint density at radius 2 is 1.91 bits per heavy atom. The molecule has 32 heavy (non-hydrogen) atoms. The summed E-state index contributed by atoms with van der Waals surface area (Å²) in [6, 6.07) is 11.9. The van der Waals surface area contributed by atoms with Crippen molar-refractivity contribution in [3.05, 3.63) is 71.5 Å². The normalized spacial score (nSPS) is 13.5. The Kier molecular flexibility index (Phi) is 5.52. The largest absolute Gasteiger partial charge is 0.456 e. The number of rotatable bonds is 4. The van der Waals surface area contributed by atoms with Crippen molar-refractivity contribution in [2.24, 2.45) is 0 Å². The SMILES string of the molecule is CC(=O)Nc1cccc(N2CCc3ccc(Oc4ccc(C(F)(F)F)nc4)cc3C2=O)n1. The Balaban J connectivity index is 1.56. The molecule has 1 aromatic carbocycles. The number of aromatic nitrogens is 2. The molecule has 0 bridgehead atoms. The van der Waals surface area contributed by atoms with Crippen LogP contribution in [-0.2, 0) is 17.4 Å². The summed E-state index contributed by atoms with van der Waals surface area (Å²) in [6.07, 6.45) is -2.98. The second kappa shape index (κ2) is 8.29. The molecule has 3 heterocycles. The highest BCUT2D eigenvalue weighted by Gasteiger charge is 2.32. The summed E-state index contributed by atoms with van der Waals surface area (Å²) in [5, 5.41) is 2.58. The van der Waals surface area contributed by atoms with E-state index < -0.39 is 11.9 Å². The van der Waals surface area contributed by atoms with E-state index in [1.807, 2.05) is 0 Å². The topological polar surface area (TPSA) is 84.4 Å². The van der Waals surface area contributed by atoms with Crippen molar-refractivity contribution < 1.29 is 27.5 Å². The number of benzene rings is 1. The zero-order valence-corrected chi connectivity index (χ0v) is 16.8. The molecular weight excluding hydrogens is 425 g/mol. The number of amides is 2. The van der Waals surface area contributed by atoms with Crippen molar-refractivity contribution in [1.29, 1.82) is 0 Å². The standard InChI is InChI=1S/C22H17F3N4O3/c1-13(30)27-19-3-2-4-20(28-19)29-10-9-14-5-6-15(11-17(14)21(29)31)32-16-7-8-18(26-12-16)22(23,24)25/h2-8,11-12H,9-10H2,1H3,(H,27,28,30). The molecule has 2 amide bonds. The summed E-state index contributed by atoms with van der Waals surface area (Å²) in [5.41, 5.74) is 0.206. The molecule has 0 saturated carbocycles. The third-order valence-electron chi connectivity index (χ3n) is 4.74. The molecule has 164 valence electrons. The lowest BCUT2D eigenvalue weighted by Crippen LogP contribution is -2.38. The second-order valence-corrected chi connectivity index (χ2v) is 7.07. The minimum Gasteiger partial charge on any atom is -0.456 e. The molecule has 0 saturated heterocycles. The maximum absolute atomic E-state index is 13.1. The molecule has 2 aromatic heterocycles. The number of alkyl halides is 3. The van der Waals surface area contributed by atoms with Gasteiger partial charge in [-0.2, -0.15) is 13.2 Å². The molecule has 0 aliphatic carbocycles. The first-order valence-electron chi connectivity index (χ1n) is 9.61. The highest BCUT2D eigenvalue weighted by molar-refractivity contribution is 6.08. The summed E-state index contributed by atoms with van der Waals surface area (Å²) >= 11 is 0. The predicted octanol–water partition coefficient (Wildman–Crippen LogP) is 4.45. The summed E-state index contributed by atoms with van der Waals surface area (Å²) in [7, 11) is 0. The monoisotopic (exact) mass is 442 g/mol. The fourth-order valence-electron chi connectivity index (χ4n) is 3.30. The first-order chi connectivity index (χ1) is 15.2. The van der Waals surface area contributed by atoms with Gasteiger partial charge in [0.15, 0.2) is 0 Å². The molecule has 10 heteroatoms. The summed E-state index contributed by atoms with van der Waals surface area (Å²) in [6.45, 7) is 1.77. The third-order valence-corrected chi connectivity index (χ3v) is 4.74. The van der Waals surface area contributed by atoms with Crippen LogP contribution in [0.5, 0.6) is 11.5 Å². The molecule has 7 nitrogen and oxygen atoms in total. The van der Waals surface area contributed by atoms with E-state index in [0.29, 0.717) is 35.9 Å². The first-order valence-corrected chi connectivity index (χ1v) is 9.61. The van der Waals surface area contributed by atoms with Crippen LogP contribution in [0.4, 0.5) is 24.8 Å². The van der Waals surface area contributed by atoms with E-state index >= 15 is 0 Å². The lowest BCUT2D eigenvalue weighted by molar-refractivity contribution is -0.141. The summed E-state index contributed by atoms with van der Waals surface area (Å²) in [5.74, 6) is 0.563. The lowest BCUT2D eigenvalue weighted by atomic mass is 9.98. The van der Waals surface area contributed by atoms with Crippen LogP contribution in [0, 0.1) is 0 Å². The summed E-state index contributed by atoms with van der Waals surface area (Å²) in [4.78, 5) is 33.6. The molecule has 0 atom stereocenters. The van der Waals surface area contributed by atoms with Crippen LogP contribution in [-0.4, -0.2) is 28.3 Å². The average Bonchev–Trinajstić information content (AvgIpc) is 2.74. The van der Waals surface area contributed by atoms with Crippen LogP contribution in [0.3, 0.4) is 0 Å². The van der Waals surface area contributed by atoms with E-state index in [4.69, 9.17) is 4.74 Å². The van der Waals surface area contributed by atoms with Crippen LogP contribution in [0.1, 0.15) is 28.5 Å². The number of hydrogen-bond donors (Lipinski definition) is 1. The van der Waals surface area contributed by atoms with Crippen LogP contribution in [0.2, 0.25) is 0 Å². The fourth-order valence-corrected chi connectivity index (χ4v) is 3.30. The van der Waals surface area contributed by atoms with Crippen molar-refractivity contribution in [2.75, 3.05) is 16.8 Å². The number of anilines is 2. The molecule has 0 radical (unpaired) electrons. The van der Waals surface area contributed by atoms with Crippen molar-refractivity contribution in [2.45, 2.75) is 19.5 Å². The maximum atomic E-state index is 13.1. The zero-order valence-electron chi connectivity index (χ0n) is 16.8. The van der Waals surface area contributed by atoms with Gasteiger partial charge in [0, 0.05) is 19.0 Å². The third kappa shape index (κ3) is 4.53. The molecule has 1 aliphatic heterocycles. The molecule has 4 rings (SSSR count). The average molecular weight is 442 g/mol. The van der Waals surface area contributed by atoms with Gasteiger partial charge in [0.05, 0.1) is 6.20 Å². The van der Waals surface area contributed by atoms with Gasteiger partial charge in [0.25, 0.3) is 5.91 Å². The Bertz CT molecular complexity index is 1180. The molecule has 1 N–H and O–H groups in total. The predicted molar refractivity (Wildman–Crippen MR) is 110 cm³/mol. The molecule has 1 aliphatic rings. The van der Waals surface area contributed by atoms with Gasteiger partial charge in [0.1, 0.15) is 28.8 Å². The lowest BCUT2D eigenvalue weighted by Gasteiger charge is -2.28. The van der Waals surface area contributed by atoms with E-state index in [1.165, 1.54) is 17.9 Å². The van der Waals surface area contributed by atoms with Crippen LogP contribution < -0.4 is 15.0 Å². The number of fused-ring (bicyclic) bond motifs is 1. The quantitative estimate of drug-likeness (QED) is 0.646. The van der Waals surface area contributed by atoms with Crippen LogP contribution in [0.25, 0.3) is 0 Å². The Morgan fingerprint density at radius 3 is 2.59 bits per heavy atom. The number of carbonyl (C=O) groups excluding carboxylic acids is 2. The fraction of sp³-hybridized carbons (Fsp3) is 0.182. The van der Waals surface area contributed by atoms with Gasteiger partial charge in [-0.1, -0.05) is 12.1 Å². The molecule has 0 fully saturated rings. The van der Waals surface area contributed by atoms with Crippen molar-refractivity contribution in [1.82, 2.24) is 9.97 Å².